The maximum atomic E-state index is 11.0. The molecule has 0 aliphatic carbocycles. The summed E-state index contributed by atoms with van der Waals surface area (Å²) >= 11 is 0. The molecule has 0 aromatic rings. The van der Waals surface area contributed by atoms with E-state index >= 15 is 0 Å². The van der Waals surface area contributed by atoms with Crippen LogP contribution in [-0.2, 0) is 14.3 Å². The van der Waals surface area contributed by atoms with E-state index in [2.05, 4.69) is 4.74 Å². The second kappa shape index (κ2) is 4.41. The highest BCUT2D eigenvalue weighted by Crippen LogP contribution is 2.25. The van der Waals surface area contributed by atoms with E-state index in [1.807, 2.05) is 11.9 Å². The summed E-state index contributed by atoms with van der Waals surface area (Å²) in [6, 6.07) is 0. The lowest BCUT2D eigenvalue weighted by Gasteiger charge is -2.12. The molecule has 14 heavy (non-hydrogen) atoms. The molecule has 1 N–H and O–H groups in total. The SMILES string of the molecule is COC(=O)C[C@@H]1CN(C)C[C@H]1C(=O)O. The molecule has 0 aromatic carbocycles. The zero-order valence-electron chi connectivity index (χ0n) is 8.40. The fraction of sp³-hybridized carbons (Fsp3) is 0.778. The average Bonchev–Trinajstić information content (AvgIpc) is 2.46. The van der Waals surface area contributed by atoms with Crippen LogP contribution in [0, 0.1) is 11.8 Å². The van der Waals surface area contributed by atoms with Crippen molar-refractivity contribution in [3.63, 3.8) is 0 Å². The van der Waals surface area contributed by atoms with Crippen molar-refractivity contribution < 1.29 is 19.4 Å². The van der Waals surface area contributed by atoms with Crippen LogP contribution >= 0.6 is 0 Å². The van der Waals surface area contributed by atoms with E-state index < -0.39 is 11.9 Å². The van der Waals surface area contributed by atoms with Gasteiger partial charge < -0.3 is 14.7 Å². The minimum absolute atomic E-state index is 0.120. The number of esters is 1. The first-order chi connectivity index (χ1) is 6.54. The number of ether oxygens (including phenoxy) is 1. The lowest BCUT2D eigenvalue weighted by molar-refractivity contribution is -0.145. The van der Waals surface area contributed by atoms with Crippen molar-refractivity contribution in [3.8, 4) is 0 Å². The van der Waals surface area contributed by atoms with E-state index in [1.54, 1.807) is 0 Å². The third-order valence-electron chi connectivity index (χ3n) is 2.60. The Morgan fingerprint density at radius 1 is 1.50 bits per heavy atom. The fourth-order valence-corrected chi connectivity index (χ4v) is 1.87. The molecule has 0 spiro atoms. The summed E-state index contributed by atoms with van der Waals surface area (Å²) in [5.41, 5.74) is 0. The van der Waals surface area contributed by atoms with Crippen LogP contribution in [0.1, 0.15) is 6.42 Å². The lowest BCUT2D eigenvalue weighted by Crippen LogP contribution is -2.24. The first-order valence-electron chi connectivity index (χ1n) is 4.52. The molecule has 1 heterocycles. The van der Waals surface area contributed by atoms with Gasteiger partial charge in [-0.15, -0.1) is 0 Å². The number of carboxylic acids is 1. The van der Waals surface area contributed by atoms with Gasteiger partial charge in [0.25, 0.3) is 0 Å². The van der Waals surface area contributed by atoms with Gasteiger partial charge in [-0.05, 0) is 13.0 Å². The maximum Gasteiger partial charge on any atom is 0.308 e. The molecule has 0 radical (unpaired) electrons. The largest absolute Gasteiger partial charge is 0.481 e. The Morgan fingerprint density at radius 2 is 2.14 bits per heavy atom. The Balaban J connectivity index is 2.57. The third-order valence-corrected chi connectivity index (χ3v) is 2.60. The number of carbonyl (C=O) groups is 2. The summed E-state index contributed by atoms with van der Waals surface area (Å²) in [5, 5.41) is 8.91. The van der Waals surface area contributed by atoms with Crippen LogP contribution in [-0.4, -0.2) is 49.2 Å². The number of methoxy groups -OCH3 is 1. The van der Waals surface area contributed by atoms with Gasteiger partial charge in [0.15, 0.2) is 0 Å². The van der Waals surface area contributed by atoms with E-state index in [0.29, 0.717) is 13.1 Å². The maximum absolute atomic E-state index is 11.0. The van der Waals surface area contributed by atoms with Crippen molar-refractivity contribution in [2.24, 2.45) is 11.8 Å². The fourth-order valence-electron chi connectivity index (χ4n) is 1.87. The van der Waals surface area contributed by atoms with Gasteiger partial charge >= 0.3 is 11.9 Å². The van der Waals surface area contributed by atoms with Crippen LogP contribution in [0.25, 0.3) is 0 Å². The summed E-state index contributed by atoms with van der Waals surface area (Å²) in [6.07, 6.45) is 0.192. The molecule has 0 unspecified atom stereocenters. The molecule has 1 saturated heterocycles. The van der Waals surface area contributed by atoms with E-state index in [-0.39, 0.29) is 18.3 Å². The number of rotatable bonds is 3. The van der Waals surface area contributed by atoms with E-state index in [4.69, 9.17) is 5.11 Å². The number of carbonyl (C=O) groups excluding carboxylic acids is 1. The normalized spacial score (nSPS) is 27.6. The Kier molecular flexibility index (Phi) is 3.46. The number of hydrogen-bond donors (Lipinski definition) is 1. The van der Waals surface area contributed by atoms with Gasteiger partial charge in [0.2, 0.25) is 0 Å². The number of nitrogens with zero attached hydrogens (tertiary/aromatic N) is 1. The van der Waals surface area contributed by atoms with Crippen molar-refractivity contribution in [2.75, 3.05) is 27.2 Å². The van der Waals surface area contributed by atoms with Crippen molar-refractivity contribution in [2.45, 2.75) is 6.42 Å². The smallest absolute Gasteiger partial charge is 0.308 e. The second-order valence-corrected chi connectivity index (χ2v) is 3.71. The average molecular weight is 201 g/mol. The highest BCUT2D eigenvalue weighted by molar-refractivity contribution is 5.74. The topological polar surface area (TPSA) is 66.8 Å². The lowest BCUT2D eigenvalue weighted by atomic mass is 9.93. The summed E-state index contributed by atoms with van der Waals surface area (Å²) < 4.78 is 4.53. The summed E-state index contributed by atoms with van der Waals surface area (Å²) in [6.45, 7) is 1.16. The molecule has 1 rings (SSSR count). The molecule has 1 aliphatic heterocycles. The molecular weight excluding hydrogens is 186 g/mol. The summed E-state index contributed by atoms with van der Waals surface area (Å²) in [7, 11) is 3.17. The van der Waals surface area contributed by atoms with E-state index in [9.17, 15) is 9.59 Å². The Morgan fingerprint density at radius 3 is 2.64 bits per heavy atom. The molecule has 2 atom stereocenters. The van der Waals surface area contributed by atoms with Gasteiger partial charge in [0.1, 0.15) is 0 Å². The zero-order chi connectivity index (χ0) is 10.7. The number of likely N-dealkylation sites (tertiary alicyclic amines) is 1. The van der Waals surface area contributed by atoms with Crippen molar-refractivity contribution in [3.05, 3.63) is 0 Å². The number of hydrogen-bond acceptors (Lipinski definition) is 4. The molecule has 0 bridgehead atoms. The van der Waals surface area contributed by atoms with Crippen LogP contribution in [0.5, 0.6) is 0 Å². The van der Waals surface area contributed by atoms with Gasteiger partial charge in [0.05, 0.1) is 19.4 Å². The standard InChI is InChI=1S/C9H15NO4/c1-10-4-6(3-8(11)14-2)7(5-10)9(12)13/h6-7H,3-5H2,1-2H3,(H,12,13)/t6-,7-/m1/s1. The quantitative estimate of drug-likeness (QED) is 0.641. The number of aliphatic carboxylic acids is 1. The Labute approximate surface area is 82.6 Å². The summed E-state index contributed by atoms with van der Waals surface area (Å²) in [4.78, 5) is 23.8. The number of carboxylic acid groups (broad SMARTS) is 1. The molecule has 5 heteroatoms. The molecule has 0 amide bonds. The summed E-state index contributed by atoms with van der Waals surface area (Å²) in [5.74, 6) is -1.73. The Hall–Kier alpha value is -1.10. The van der Waals surface area contributed by atoms with Gasteiger partial charge in [-0.3, -0.25) is 9.59 Å². The predicted molar refractivity (Wildman–Crippen MR) is 48.7 cm³/mol. The third kappa shape index (κ3) is 2.45. The van der Waals surface area contributed by atoms with Crippen LogP contribution in [0.3, 0.4) is 0 Å². The van der Waals surface area contributed by atoms with Crippen LogP contribution in [0.4, 0.5) is 0 Å². The van der Waals surface area contributed by atoms with Gasteiger partial charge in [-0.1, -0.05) is 0 Å². The molecule has 5 nitrogen and oxygen atoms in total. The van der Waals surface area contributed by atoms with Crippen molar-refractivity contribution in [1.29, 1.82) is 0 Å². The Bertz CT molecular complexity index is 241. The zero-order valence-corrected chi connectivity index (χ0v) is 8.40. The van der Waals surface area contributed by atoms with Gasteiger partial charge in [-0.2, -0.15) is 0 Å². The second-order valence-electron chi connectivity index (χ2n) is 3.71. The van der Waals surface area contributed by atoms with E-state index in [0.717, 1.165) is 0 Å². The predicted octanol–water partition coefficient (Wildman–Crippen LogP) is -0.188. The molecule has 1 aliphatic rings. The van der Waals surface area contributed by atoms with E-state index in [1.165, 1.54) is 7.11 Å². The van der Waals surface area contributed by atoms with Crippen molar-refractivity contribution in [1.82, 2.24) is 4.90 Å². The minimum atomic E-state index is -0.830. The van der Waals surface area contributed by atoms with Crippen LogP contribution < -0.4 is 0 Å². The van der Waals surface area contributed by atoms with Gasteiger partial charge in [0, 0.05) is 13.1 Å². The van der Waals surface area contributed by atoms with Crippen molar-refractivity contribution >= 4 is 11.9 Å². The van der Waals surface area contributed by atoms with Crippen LogP contribution in [0.2, 0.25) is 0 Å². The molecule has 80 valence electrons. The molecular formula is C9H15NO4. The minimum Gasteiger partial charge on any atom is -0.481 e. The highest BCUT2D eigenvalue weighted by atomic mass is 16.5. The monoisotopic (exact) mass is 201 g/mol. The first kappa shape index (κ1) is 11.0. The van der Waals surface area contributed by atoms with Gasteiger partial charge in [-0.25, -0.2) is 0 Å². The molecule has 0 saturated carbocycles. The first-order valence-corrected chi connectivity index (χ1v) is 4.52. The molecule has 0 aromatic heterocycles. The van der Waals surface area contributed by atoms with Crippen LogP contribution in [0.15, 0.2) is 0 Å². The molecule has 1 fully saturated rings. The highest BCUT2D eigenvalue weighted by Gasteiger charge is 2.37.